The number of nitrogens with zero attached hydrogens (tertiary/aromatic N) is 3. The Morgan fingerprint density at radius 1 is 1.00 bits per heavy atom. The highest BCUT2D eigenvalue weighted by molar-refractivity contribution is 5.05. The number of nitrogens with two attached hydrogens (primary N) is 1. The first-order valence-corrected chi connectivity index (χ1v) is 7.20. The zero-order valence-electron chi connectivity index (χ0n) is 10.6. The van der Waals surface area contributed by atoms with Crippen molar-refractivity contribution < 1.29 is 0 Å². The second kappa shape index (κ2) is 3.98. The largest absolute Gasteiger partial charge is 0.321 e. The van der Waals surface area contributed by atoms with E-state index in [0.29, 0.717) is 5.92 Å². The summed E-state index contributed by atoms with van der Waals surface area (Å²) < 4.78 is 0. The molecule has 18 heavy (non-hydrogen) atoms. The van der Waals surface area contributed by atoms with Crippen LogP contribution in [-0.4, -0.2) is 15.2 Å². The summed E-state index contributed by atoms with van der Waals surface area (Å²) in [6.07, 6.45) is 10.4. The van der Waals surface area contributed by atoms with Gasteiger partial charge in [-0.25, -0.2) is 4.98 Å². The van der Waals surface area contributed by atoms with Gasteiger partial charge >= 0.3 is 0 Å². The van der Waals surface area contributed by atoms with Crippen LogP contribution in [0.1, 0.15) is 44.0 Å². The van der Waals surface area contributed by atoms with E-state index in [4.69, 9.17) is 5.73 Å². The molecule has 1 aromatic rings. The first-order chi connectivity index (χ1) is 8.81. The van der Waals surface area contributed by atoms with Crippen LogP contribution in [0, 0.1) is 29.6 Å². The van der Waals surface area contributed by atoms with Gasteiger partial charge in [-0.3, -0.25) is 0 Å². The van der Waals surface area contributed by atoms with Gasteiger partial charge in [0.15, 0.2) is 5.82 Å². The highest BCUT2D eigenvalue weighted by Gasteiger charge is 2.50. The van der Waals surface area contributed by atoms with Gasteiger partial charge in [0.05, 0.1) is 12.2 Å². The molecule has 0 amide bonds. The highest BCUT2D eigenvalue weighted by Crippen LogP contribution is 2.58. The van der Waals surface area contributed by atoms with Gasteiger partial charge in [-0.05, 0) is 61.7 Å². The number of hydrogen-bond acceptors (Lipinski definition) is 4. The summed E-state index contributed by atoms with van der Waals surface area (Å²) in [7, 11) is 0. The Kier molecular flexibility index (Phi) is 2.40. The van der Waals surface area contributed by atoms with E-state index < -0.39 is 0 Å². The molecule has 1 aromatic heterocycles. The SMILES string of the molecule is NC(c1nccnn1)C1C2CC3CC(C2)CC1C3. The predicted octanol–water partition coefficient (Wildman–Crippen LogP) is 1.94. The summed E-state index contributed by atoms with van der Waals surface area (Å²) >= 11 is 0. The van der Waals surface area contributed by atoms with E-state index in [0.717, 1.165) is 29.5 Å². The lowest BCUT2D eigenvalue weighted by molar-refractivity contribution is -0.0483. The van der Waals surface area contributed by atoms with E-state index in [2.05, 4.69) is 15.2 Å². The molecule has 5 rings (SSSR count). The Morgan fingerprint density at radius 2 is 1.67 bits per heavy atom. The van der Waals surface area contributed by atoms with Crippen molar-refractivity contribution in [1.29, 1.82) is 0 Å². The molecule has 4 bridgehead atoms. The highest BCUT2D eigenvalue weighted by atomic mass is 15.2. The van der Waals surface area contributed by atoms with E-state index in [9.17, 15) is 0 Å². The van der Waals surface area contributed by atoms with Gasteiger partial charge in [0, 0.05) is 6.20 Å². The van der Waals surface area contributed by atoms with E-state index in [1.807, 2.05) is 0 Å². The molecule has 4 aliphatic rings. The Hall–Kier alpha value is -1.03. The average molecular weight is 244 g/mol. The number of rotatable bonds is 2. The molecule has 4 fully saturated rings. The molecule has 0 saturated heterocycles. The minimum atomic E-state index is -0.00583. The van der Waals surface area contributed by atoms with Gasteiger partial charge in [0.1, 0.15) is 0 Å². The minimum absolute atomic E-state index is 0.00583. The Labute approximate surface area is 107 Å². The average Bonchev–Trinajstić information content (AvgIpc) is 2.38. The van der Waals surface area contributed by atoms with Crippen molar-refractivity contribution in [3.05, 3.63) is 18.2 Å². The molecule has 4 heteroatoms. The predicted molar refractivity (Wildman–Crippen MR) is 67.3 cm³/mol. The first kappa shape index (κ1) is 10.9. The van der Waals surface area contributed by atoms with Gasteiger partial charge in [-0.1, -0.05) is 0 Å². The minimum Gasteiger partial charge on any atom is -0.321 e. The topological polar surface area (TPSA) is 64.7 Å². The maximum atomic E-state index is 6.46. The molecule has 1 unspecified atom stereocenters. The maximum absolute atomic E-state index is 6.46. The summed E-state index contributed by atoms with van der Waals surface area (Å²) in [4.78, 5) is 4.31. The molecule has 0 spiro atoms. The van der Waals surface area contributed by atoms with Crippen LogP contribution in [0.3, 0.4) is 0 Å². The van der Waals surface area contributed by atoms with E-state index in [1.54, 1.807) is 12.4 Å². The summed E-state index contributed by atoms with van der Waals surface area (Å²) in [5.74, 6) is 4.97. The molecule has 0 radical (unpaired) electrons. The molecule has 0 aromatic carbocycles. The van der Waals surface area contributed by atoms with Crippen LogP contribution in [-0.2, 0) is 0 Å². The quantitative estimate of drug-likeness (QED) is 0.863. The molecule has 4 saturated carbocycles. The fraction of sp³-hybridized carbons (Fsp3) is 0.786. The second-order valence-electron chi connectivity index (χ2n) is 6.53. The van der Waals surface area contributed by atoms with E-state index in [1.165, 1.54) is 32.1 Å². The Bertz CT molecular complexity index is 405. The van der Waals surface area contributed by atoms with Crippen LogP contribution >= 0.6 is 0 Å². The maximum Gasteiger partial charge on any atom is 0.168 e. The molecular weight excluding hydrogens is 224 g/mol. The van der Waals surface area contributed by atoms with E-state index >= 15 is 0 Å². The number of hydrogen-bond donors (Lipinski definition) is 1. The smallest absolute Gasteiger partial charge is 0.168 e. The van der Waals surface area contributed by atoms with Crippen molar-refractivity contribution >= 4 is 0 Å². The Balaban J connectivity index is 1.61. The fourth-order valence-corrected chi connectivity index (χ4v) is 5.14. The lowest BCUT2D eigenvalue weighted by Gasteiger charge is -2.55. The number of aromatic nitrogens is 3. The molecule has 4 nitrogen and oxygen atoms in total. The monoisotopic (exact) mass is 244 g/mol. The van der Waals surface area contributed by atoms with Crippen molar-refractivity contribution in [2.45, 2.75) is 38.1 Å². The van der Waals surface area contributed by atoms with Crippen molar-refractivity contribution in [2.24, 2.45) is 35.3 Å². The summed E-state index contributed by atoms with van der Waals surface area (Å²) in [6.45, 7) is 0. The second-order valence-corrected chi connectivity index (χ2v) is 6.53. The third-order valence-electron chi connectivity index (χ3n) is 5.51. The van der Waals surface area contributed by atoms with Crippen molar-refractivity contribution in [3.63, 3.8) is 0 Å². The Morgan fingerprint density at radius 3 is 2.22 bits per heavy atom. The van der Waals surface area contributed by atoms with Gasteiger partial charge in [-0.15, -0.1) is 5.10 Å². The van der Waals surface area contributed by atoms with Gasteiger partial charge < -0.3 is 5.73 Å². The van der Waals surface area contributed by atoms with Gasteiger partial charge in [0.2, 0.25) is 0 Å². The molecule has 1 heterocycles. The van der Waals surface area contributed by atoms with Gasteiger partial charge in [-0.2, -0.15) is 5.10 Å². The van der Waals surface area contributed by atoms with Crippen LogP contribution < -0.4 is 5.73 Å². The third-order valence-corrected chi connectivity index (χ3v) is 5.51. The van der Waals surface area contributed by atoms with Crippen LogP contribution in [0.25, 0.3) is 0 Å². The van der Waals surface area contributed by atoms with Crippen LogP contribution in [0.4, 0.5) is 0 Å². The lowest BCUT2D eigenvalue weighted by Crippen LogP contribution is -2.49. The summed E-state index contributed by atoms with van der Waals surface area (Å²) in [5, 5.41) is 8.05. The first-order valence-electron chi connectivity index (χ1n) is 7.20. The lowest BCUT2D eigenvalue weighted by atomic mass is 9.50. The fourth-order valence-electron chi connectivity index (χ4n) is 5.14. The zero-order valence-corrected chi connectivity index (χ0v) is 10.6. The van der Waals surface area contributed by atoms with Gasteiger partial charge in [0.25, 0.3) is 0 Å². The third kappa shape index (κ3) is 1.58. The van der Waals surface area contributed by atoms with Crippen molar-refractivity contribution in [1.82, 2.24) is 15.2 Å². The molecule has 2 N–H and O–H groups in total. The molecule has 1 atom stereocenters. The summed E-state index contributed by atoms with van der Waals surface area (Å²) in [6, 6.07) is -0.00583. The zero-order chi connectivity index (χ0) is 12.1. The molecule has 4 aliphatic carbocycles. The van der Waals surface area contributed by atoms with Crippen LogP contribution in [0.5, 0.6) is 0 Å². The standard InChI is InChI=1S/C14H20N4/c15-13(14-16-1-2-17-18-14)12-10-4-8-3-9(6-10)7-11(12)5-8/h1-2,8-13H,3-7,15H2. The van der Waals surface area contributed by atoms with Crippen molar-refractivity contribution in [3.8, 4) is 0 Å². The molecule has 0 aliphatic heterocycles. The normalized spacial score (nSPS) is 43.1. The van der Waals surface area contributed by atoms with Crippen LogP contribution in [0.15, 0.2) is 12.4 Å². The summed E-state index contributed by atoms with van der Waals surface area (Å²) in [5.41, 5.74) is 6.46. The molecule has 96 valence electrons. The van der Waals surface area contributed by atoms with E-state index in [-0.39, 0.29) is 6.04 Å². The van der Waals surface area contributed by atoms with Crippen molar-refractivity contribution in [2.75, 3.05) is 0 Å². The van der Waals surface area contributed by atoms with Crippen LogP contribution in [0.2, 0.25) is 0 Å². The molecular formula is C14H20N4.